The minimum Gasteiger partial charge on any atom is -0.457 e. The molecule has 0 aliphatic carbocycles. The molecule has 3 rings (SSSR count). The summed E-state index contributed by atoms with van der Waals surface area (Å²) in [7, 11) is 0. The maximum absolute atomic E-state index is 6.08. The van der Waals surface area contributed by atoms with E-state index in [0.717, 1.165) is 22.4 Å². The maximum atomic E-state index is 6.08. The van der Waals surface area contributed by atoms with E-state index in [1.165, 1.54) is 22.3 Å². The standard InChI is InChI=1S/C19H19NO/c1-12-13(2)15(4)19-18(14(12)3)17(10-11-20-19)21-16-8-6-5-7-9-16/h5-11H,1-4H3. The van der Waals surface area contributed by atoms with Gasteiger partial charge in [-0.05, 0) is 68.1 Å². The van der Waals surface area contributed by atoms with Crippen LogP contribution in [0.2, 0.25) is 0 Å². The summed E-state index contributed by atoms with van der Waals surface area (Å²) in [4.78, 5) is 4.57. The zero-order valence-electron chi connectivity index (χ0n) is 12.9. The monoisotopic (exact) mass is 277 g/mol. The van der Waals surface area contributed by atoms with Gasteiger partial charge in [0.15, 0.2) is 0 Å². The van der Waals surface area contributed by atoms with Gasteiger partial charge in [-0.3, -0.25) is 4.98 Å². The van der Waals surface area contributed by atoms with Crippen molar-refractivity contribution in [2.75, 3.05) is 0 Å². The SMILES string of the molecule is Cc1c(C)c(C)c2c(Oc3ccccc3)ccnc2c1C. The first-order chi connectivity index (χ1) is 10.1. The van der Waals surface area contributed by atoms with Crippen molar-refractivity contribution in [1.82, 2.24) is 4.98 Å². The van der Waals surface area contributed by atoms with Gasteiger partial charge in [-0.2, -0.15) is 0 Å². The quantitative estimate of drug-likeness (QED) is 0.637. The van der Waals surface area contributed by atoms with Gasteiger partial charge in [-0.15, -0.1) is 0 Å². The Labute approximate surface area is 125 Å². The van der Waals surface area contributed by atoms with Crippen LogP contribution >= 0.6 is 0 Å². The summed E-state index contributed by atoms with van der Waals surface area (Å²) in [6.07, 6.45) is 1.82. The Hall–Kier alpha value is -2.35. The van der Waals surface area contributed by atoms with Gasteiger partial charge in [0.05, 0.1) is 5.52 Å². The van der Waals surface area contributed by atoms with Crippen molar-refractivity contribution in [3.63, 3.8) is 0 Å². The van der Waals surface area contributed by atoms with Crippen LogP contribution in [0.15, 0.2) is 42.6 Å². The van der Waals surface area contributed by atoms with E-state index in [2.05, 4.69) is 32.7 Å². The van der Waals surface area contributed by atoms with Crippen LogP contribution in [0.1, 0.15) is 22.3 Å². The third-order valence-electron chi connectivity index (χ3n) is 4.30. The number of hydrogen-bond donors (Lipinski definition) is 0. The van der Waals surface area contributed by atoms with Crippen LogP contribution in [-0.2, 0) is 0 Å². The van der Waals surface area contributed by atoms with E-state index in [4.69, 9.17) is 4.74 Å². The van der Waals surface area contributed by atoms with Crippen molar-refractivity contribution in [2.45, 2.75) is 27.7 Å². The molecule has 21 heavy (non-hydrogen) atoms. The molecule has 0 aliphatic rings. The third-order valence-corrected chi connectivity index (χ3v) is 4.30. The van der Waals surface area contributed by atoms with Gasteiger partial charge in [0.2, 0.25) is 0 Å². The van der Waals surface area contributed by atoms with Gasteiger partial charge in [-0.1, -0.05) is 18.2 Å². The lowest BCUT2D eigenvalue weighted by atomic mass is 9.94. The zero-order valence-corrected chi connectivity index (χ0v) is 12.9. The van der Waals surface area contributed by atoms with Crippen LogP contribution in [0, 0.1) is 27.7 Å². The number of aryl methyl sites for hydroxylation is 2. The molecule has 106 valence electrons. The predicted molar refractivity (Wildman–Crippen MR) is 87.2 cm³/mol. The second-order valence-corrected chi connectivity index (χ2v) is 5.45. The fourth-order valence-electron chi connectivity index (χ4n) is 2.72. The van der Waals surface area contributed by atoms with Crippen LogP contribution in [0.5, 0.6) is 11.5 Å². The number of fused-ring (bicyclic) bond motifs is 1. The number of hydrogen-bond acceptors (Lipinski definition) is 2. The van der Waals surface area contributed by atoms with Crippen LogP contribution in [0.25, 0.3) is 10.9 Å². The molecule has 0 fully saturated rings. The molecule has 0 N–H and O–H groups in total. The number of benzene rings is 2. The van der Waals surface area contributed by atoms with E-state index in [-0.39, 0.29) is 0 Å². The number of pyridine rings is 1. The Morgan fingerprint density at radius 3 is 2.14 bits per heavy atom. The van der Waals surface area contributed by atoms with E-state index < -0.39 is 0 Å². The smallest absolute Gasteiger partial charge is 0.138 e. The van der Waals surface area contributed by atoms with Gasteiger partial charge >= 0.3 is 0 Å². The molecule has 1 aromatic heterocycles. The summed E-state index contributed by atoms with van der Waals surface area (Å²) in [6, 6.07) is 11.8. The Bertz CT molecular complexity index is 807. The molecule has 0 bridgehead atoms. The molecule has 2 heteroatoms. The normalized spacial score (nSPS) is 10.9. The average molecular weight is 277 g/mol. The summed E-state index contributed by atoms with van der Waals surface area (Å²) in [5.74, 6) is 1.72. The van der Waals surface area contributed by atoms with Crippen molar-refractivity contribution < 1.29 is 4.74 Å². The minimum absolute atomic E-state index is 0.847. The molecule has 1 heterocycles. The summed E-state index contributed by atoms with van der Waals surface area (Å²) in [5.41, 5.74) is 6.12. The van der Waals surface area contributed by atoms with Crippen LogP contribution in [0.4, 0.5) is 0 Å². The summed E-state index contributed by atoms with van der Waals surface area (Å²) < 4.78 is 6.08. The molecule has 2 aromatic carbocycles. The lowest BCUT2D eigenvalue weighted by Gasteiger charge is -2.16. The van der Waals surface area contributed by atoms with E-state index in [1.807, 2.05) is 42.6 Å². The summed E-state index contributed by atoms with van der Waals surface area (Å²) >= 11 is 0. The molecule has 0 unspecified atom stereocenters. The molecule has 0 atom stereocenters. The summed E-state index contributed by atoms with van der Waals surface area (Å²) in [6.45, 7) is 8.59. The van der Waals surface area contributed by atoms with E-state index >= 15 is 0 Å². The summed E-state index contributed by atoms with van der Waals surface area (Å²) in [5, 5.41) is 1.11. The van der Waals surface area contributed by atoms with E-state index in [9.17, 15) is 0 Å². The largest absolute Gasteiger partial charge is 0.457 e. The molecule has 0 spiro atoms. The third kappa shape index (κ3) is 2.27. The van der Waals surface area contributed by atoms with Gasteiger partial charge in [0.1, 0.15) is 11.5 Å². The number of ether oxygens (including phenoxy) is 1. The highest BCUT2D eigenvalue weighted by molar-refractivity contribution is 5.92. The van der Waals surface area contributed by atoms with Gasteiger partial charge < -0.3 is 4.74 Å². The Morgan fingerprint density at radius 1 is 0.762 bits per heavy atom. The first kappa shape index (κ1) is 13.6. The van der Waals surface area contributed by atoms with Crippen LogP contribution < -0.4 is 4.74 Å². The highest BCUT2D eigenvalue weighted by Crippen LogP contribution is 2.35. The fourth-order valence-corrected chi connectivity index (χ4v) is 2.72. The molecule has 0 radical (unpaired) electrons. The Kier molecular flexibility index (Phi) is 3.38. The van der Waals surface area contributed by atoms with Crippen molar-refractivity contribution in [1.29, 1.82) is 0 Å². The zero-order chi connectivity index (χ0) is 15.0. The Balaban J connectivity index is 2.25. The first-order valence-electron chi connectivity index (χ1n) is 7.17. The number of rotatable bonds is 2. The highest BCUT2D eigenvalue weighted by atomic mass is 16.5. The Morgan fingerprint density at radius 2 is 1.43 bits per heavy atom. The molecule has 0 saturated heterocycles. The second kappa shape index (κ2) is 5.21. The van der Waals surface area contributed by atoms with Crippen LogP contribution in [0.3, 0.4) is 0 Å². The topological polar surface area (TPSA) is 22.1 Å². The van der Waals surface area contributed by atoms with E-state index in [1.54, 1.807) is 0 Å². The van der Waals surface area contributed by atoms with Crippen molar-refractivity contribution in [2.24, 2.45) is 0 Å². The van der Waals surface area contributed by atoms with Gasteiger partial charge in [0.25, 0.3) is 0 Å². The van der Waals surface area contributed by atoms with Gasteiger partial charge in [0, 0.05) is 11.6 Å². The maximum Gasteiger partial charge on any atom is 0.138 e. The molecular weight excluding hydrogens is 258 g/mol. The lowest BCUT2D eigenvalue weighted by molar-refractivity contribution is 0.487. The van der Waals surface area contributed by atoms with Crippen molar-refractivity contribution in [3.05, 3.63) is 64.8 Å². The minimum atomic E-state index is 0.847. The number of para-hydroxylation sites is 1. The van der Waals surface area contributed by atoms with Crippen molar-refractivity contribution >= 4 is 10.9 Å². The second-order valence-electron chi connectivity index (χ2n) is 5.45. The number of nitrogens with zero attached hydrogens (tertiary/aromatic N) is 1. The molecule has 0 amide bonds. The highest BCUT2D eigenvalue weighted by Gasteiger charge is 2.14. The fraction of sp³-hybridized carbons (Fsp3) is 0.211. The average Bonchev–Trinajstić information content (AvgIpc) is 2.51. The molecule has 0 aliphatic heterocycles. The van der Waals surface area contributed by atoms with Crippen LogP contribution in [-0.4, -0.2) is 4.98 Å². The predicted octanol–water partition coefficient (Wildman–Crippen LogP) is 5.26. The van der Waals surface area contributed by atoms with Crippen molar-refractivity contribution in [3.8, 4) is 11.5 Å². The van der Waals surface area contributed by atoms with Gasteiger partial charge in [-0.25, -0.2) is 0 Å². The molecule has 3 aromatic rings. The van der Waals surface area contributed by atoms with E-state index in [0.29, 0.717) is 0 Å². The first-order valence-corrected chi connectivity index (χ1v) is 7.17. The molecular formula is C19H19NO. The molecule has 0 saturated carbocycles. The molecule has 2 nitrogen and oxygen atoms in total. The lowest BCUT2D eigenvalue weighted by Crippen LogP contribution is -1.97. The number of aromatic nitrogens is 1.